The molecule has 1 N–H and O–H groups in total. The van der Waals surface area contributed by atoms with Gasteiger partial charge in [0.25, 0.3) is 5.91 Å². The molecular weight excluding hydrogens is 448 g/mol. The molecule has 0 aliphatic carbocycles. The summed E-state index contributed by atoms with van der Waals surface area (Å²) in [6, 6.07) is 3.70. The topological polar surface area (TPSA) is 91.8 Å². The molecule has 0 spiro atoms. The van der Waals surface area contributed by atoms with Crippen LogP contribution in [0.2, 0.25) is 0 Å². The molecule has 2 heterocycles. The number of anilines is 1. The number of rotatable bonds is 6. The normalized spacial score (nSPS) is 14.0. The van der Waals surface area contributed by atoms with Crippen molar-refractivity contribution >= 4 is 46.0 Å². The van der Waals surface area contributed by atoms with E-state index >= 15 is 0 Å². The Morgan fingerprint density at radius 2 is 1.94 bits per heavy atom. The lowest BCUT2D eigenvalue weighted by Crippen LogP contribution is -2.36. The van der Waals surface area contributed by atoms with E-state index in [0.717, 1.165) is 14.7 Å². The number of methoxy groups -OCH3 is 1. The maximum Gasteiger partial charge on any atom is 0.257 e. The fourth-order valence-corrected chi connectivity index (χ4v) is 5.36. The fourth-order valence-electron chi connectivity index (χ4n) is 3.37. The van der Waals surface area contributed by atoms with Gasteiger partial charge in [-0.2, -0.15) is 0 Å². The van der Waals surface area contributed by atoms with Gasteiger partial charge in [-0.1, -0.05) is 29.7 Å². The van der Waals surface area contributed by atoms with Crippen molar-refractivity contribution in [2.45, 2.75) is 29.4 Å². The number of hydrogen-bond donors (Lipinski definition) is 1. The summed E-state index contributed by atoms with van der Waals surface area (Å²) in [7, 11) is 1.55. The number of nitrogens with one attached hydrogen (secondary N) is 1. The van der Waals surface area contributed by atoms with Gasteiger partial charge in [-0.25, -0.2) is 4.98 Å². The summed E-state index contributed by atoms with van der Waals surface area (Å²) in [5.41, 5.74) is 1.45. The van der Waals surface area contributed by atoms with Crippen molar-refractivity contribution in [2.24, 2.45) is 0 Å². The summed E-state index contributed by atoms with van der Waals surface area (Å²) in [4.78, 5) is 45.1. The van der Waals surface area contributed by atoms with Gasteiger partial charge in [0.15, 0.2) is 5.13 Å². The average molecular weight is 475 g/mol. The quantitative estimate of drug-likeness (QED) is 0.645. The predicted octanol–water partition coefficient (Wildman–Crippen LogP) is 3.43. The zero-order valence-electron chi connectivity index (χ0n) is 18.3. The molecular formula is C22H26N4O4S2. The van der Waals surface area contributed by atoms with Gasteiger partial charge in [-0.3, -0.25) is 14.4 Å². The highest BCUT2D eigenvalue weighted by Gasteiger charge is 2.25. The van der Waals surface area contributed by atoms with E-state index in [1.807, 2.05) is 19.1 Å². The Kier molecular flexibility index (Phi) is 7.92. The van der Waals surface area contributed by atoms with Gasteiger partial charge in [0, 0.05) is 38.0 Å². The van der Waals surface area contributed by atoms with Crippen LogP contribution in [0.1, 0.15) is 29.3 Å². The van der Waals surface area contributed by atoms with Crippen LogP contribution in [-0.2, 0) is 9.59 Å². The number of benzene rings is 1. The Morgan fingerprint density at radius 3 is 2.62 bits per heavy atom. The van der Waals surface area contributed by atoms with Crippen LogP contribution in [-0.4, -0.2) is 65.8 Å². The van der Waals surface area contributed by atoms with E-state index in [1.165, 1.54) is 36.1 Å². The van der Waals surface area contributed by atoms with Crippen LogP contribution in [0.25, 0.3) is 0 Å². The summed E-state index contributed by atoms with van der Waals surface area (Å²) in [5.74, 6) is 0.104. The van der Waals surface area contributed by atoms with E-state index in [9.17, 15) is 14.4 Å². The van der Waals surface area contributed by atoms with Crippen LogP contribution in [0.4, 0.5) is 5.13 Å². The molecule has 10 heteroatoms. The first-order chi connectivity index (χ1) is 15.3. The summed E-state index contributed by atoms with van der Waals surface area (Å²) in [5, 5.41) is 3.21. The Balaban J connectivity index is 1.82. The highest BCUT2D eigenvalue weighted by Crippen LogP contribution is 2.38. The smallest absolute Gasteiger partial charge is 0.257 e. The second-order valence-corrected chi connectivity index (χ2v) is 9.63. The molecule has 1 aliphatic heterocycles. The second kappa shape index (κ2) is 10.6. The van der Waals surface area contributed by atoms with Gasteiger partial charge >= 0.3 is 0 Å². The summed E-state index contributed by atoms with van der Waals surface area (Å²) in [6.45, 7) is 9.03. The third-order valence-electron chi connectivity index (χ3n) is 4.97. The van der Waals surface area contributed by atoms with Crippen LogP contribution in [0.5, 0.6) is 5.75 Å². The number of amides is 3. The van der Waals surface area contributed by atoms with Gasteiger partial charge in [-0.15, -0.1) is 0 Å². The maximum absolute atomic E-state index is 13.4. The minimum Gasteiger partial charge on any atom is -0.496 e. The Morgan fingerprint density at radius 1 is 1.22 bits per heavy atom. The van der Waals surface area contributed by atoms with E-state index in [2.05, 4.69) is 16.9 Å². The Labute approximate surface area is 195 Å². The van der Waals surface area contributed by atoms with Gasteiger partial charge < -0.3 is 19.9 Å². The number of hydrogen-bond acceptors (Lipinski definition) is 7. The zero-order chi connectivity index (χ0) is 23.3. The lowest BCUT2D eigenvalue weighted by molar-refractivity contribution is -0.125. The van der Waals surface area contributed by atoms with Gasteiger partial charge in [0.05, 0.1) is 23.1 Å². The molecule has 32 heavy (non-hydrogen) atoms. The van der Waals surface area contributed by atoms with E-state index in [1.54, 1.807) is 23.1 Å². The highest BCUT2D eigenvalue weighted by molar-refractivity contribution is 8.01. The molecule has 1 aliphatic rings. The molecule has 3 amide bonds. The molecule has 8 nitrogen and oxygen atoms in total. The van der Waals surface area contributed by atoms with Crippen molar-refractivity contribution in [2.75, 3.05) is 38.6 Å². The van der Waals surface area contributed by atoms with Gasteiger partial charge in [0.2, 0.25) is 11.8 Å². The number of carbonyl (C=O) groups excluding carboxylic acids is 3. The molecule has 1 saturated heterocycles. The standard InChI is InChI=1S/C22H26N4O4S2/c1-5-19(28)25-7-6-8-26(10-9-25)21(29)16-12-18(14(2)11-17(16)30-4)31-20-13-23-22(32-20)24-15(3)27/h5,11-13H,1,6-10H2,2-4H3,(H,23,24,27). The van der Waals surface area contributed by atoms with Crippen molar-refractivity contribution < 1.29 is 19.1 Å². The van der Waals surface area contributed by atoms with Crippen LogP contribution in [0.3, 0.4) is 0 Å². The molecule has 0 saturated carbocycles. The third kappa shape index (κ3) is 5.68. The first-order valence-corrected chi connectivity index (χ1v) is 11.8. The van der Waals surface area contributed by atoms with Crippen LogP contribution in [0, 0.1) is 6.92 Å². The van der Waals surface area contributed by atoms with Crippen LogP contribution < -0.4 is 10.1 Å². The SMILES string of the molecule is C=CC(=O)N1CCCN(C(=O)c2cc(Sc3cnc(NC(C)=O)s3)c(C)cc2OC)CC1. The van der Waals surface area contributed by atoms with Crippen LogP contribution in [0.15, 0.2) is 40.1 Å². The molecule has 2 aromatic rings. The summed E-state index contributed by atoms with van der Waals surface area (Å²) in [6.07, 6.45) is 3.71. The van der Waals surface area contributed by atoms with Crippen molar-refractivity contribution in [3.05, 3.63) is 42.1 Å². The zero-order valence-corrected chi connectivity index (χ0v) is 20.0. The molecule has 3 rings (SSSR count). The van der Waals surface area contributed by atoms with Gasteiger partial charge in [-0.05, 0) is 37.1 Å². The molecule has 1 aromatic carbocycles. The van der Waals surface area contributed by atoms with Crippen molar-refractivity contribution in [3.63, 3.8) is 0 Å². The minimum absolute atomic E-state index is 0.117. The maximum atomic E-state index is 13.4. The van der Waals surface area contributed by atoms with Crippen molar-refractivity contribution in [1.82, 2.24) is 14.8 Å². The molecule has 1 fully saturated rings. The molecule has 1 aromatic heterocycles. The van der Waals surface area contributed by atoms with Crippen molar-refractivity contribution in [3.8, 4) is 5.75 Å². The highest BCUT2D eigenvalue weighted by atomic mass is 32.2. The van der Waals surface area contributed by atoms with Gasteiger partial charge in [0.1, 0.15) is 5.75 Å². The first-order valence-electron chi connectivity index (χ1n) is 10.1. The third-order valence-corrected chi connectivity index (χ3v) is 7.15. The summed E-state index contributed by atoms with van der Waals surface area (Å²) < 4.78 is 6.40. The number of ether oxygens (including phenoxy) is 1. The molecule has 170 valence electrons. The van der Waals surface area contributed by atoms with Crippen molar-refractivity contribution in [1.29, 1.82) is 0 Å². The number of thiazole rings is 1. The summed E-state index contributed by atoms with van der Waals surface area (Å²) >= 11 is 2.86. The lowest BCUT2D eigenvalue weighted by Gasteiger charge is -2.23. The molecule has 0 radical (unpaired) electrons. The number of carbonyl (C=O) groups is 3. The number of aromatic nitrogens is 1. The minimum atomic E-state index is -0.171. The second-order valence-electron chi connectivity index (χ2n) is 7.26. The number of aryl methyl sites for hydroxylation is 1. The monoisotopic (exact) mass is 474 g/mol. The van der Waals surface area contributed by atoms with E-state index in [-0.39, 0.29) is 17.7 Å². The molecule has 0 unspecified atom stereocenters. The fraction of sp³-hybridized carbons (Fsp3) is 0.364. The Hall–Kier alpha value is -2.85. The van der Waals surface area contributed by atoms with Crippen LogP contribution >= 0.6 is 23.1 Å². The molecule has 0 bridgehead atoms. The molecule has 0 atom stereocenters. The lowest BCUT2D eigenvalue weighted by atomic mass is 10.1. The van der Waals surface area contributed by atoms with E-state index in [4.69, 9.17) is 4.74 Å². The van der Waals surface area contributed by atoms with E-state index < -0.39 is 0 Å². The number of nitrogens with zero attached hydrogens (tertiary/aromatic N) is 3. The Bertz CT molecular complexity index is 1040. The predicted molar refractivity (Wildman–Crippen MR) is 126 cm³/mol. The largest absolute Gasteiger partial charge is 0.496 e. The van der Waals surface area contributed by atoms with E-state index in [0.29, 0.717) is 49.0 Å². The average Bonchev–Trinajstić information content (AvgIpc) is 3.05. The first kappa shape index (κ1) is 23.8.